The first-order chi connectivity index (χ1) is 11.4. The largest absolute Gasteiger partial charge is 0.386 e. The average molecular weight is 333 g/mol. The van der Waals surface area contributed by atoms with Gasteiger partial charge in [0.25, 0.3) is 0 Å². The van der Waals surface area contributed by atoms with Crippen molar-refractivity contribution in [1.82, 2.24) is 5.32 Å². The van der Waals surface area contributed by atoms with Gasteiger partial charge >= 0.3 is 0 Å². The fraction of sp³-hybridized carbons (Fsp3) is 0.316. The number of carbonyl (C=O) groups is 1. The Kier molecular flexibility index (Phi) is 6.04. The van der Waals surface area contributed by atoms with Crippen molar-refractivity contribution < 1.29 is 18.7 Å². The topological polar surface area (TPSA) is 49.3 Å². The number of amides is 1. The van der Waals surface area contributed by atoms with Gasteiger partial charge in [-0.2, -0.15) is 0 Å². The van der Waals surface area contributed by atoms with E-state index in [0.717, 1.165) is 23.3 Å². The van der Waals surface area contributed by atoms with Crippen LogP contribution in [0, 0.1) is 18.6 Å². The van der Waals surface area contributed by atoms with Gasteiger partial charge in [-0.1, -0.05) is 35.9 Å². The number of carbonyl (C=O) groups excluding carboxylic acids is 1. The van der Waals surface area contributed by atoms with Crippen LogP contribution in [0.5, 0.6) is 0 Å². The van der Waals surface area contributed by atoms with Crippen molar-refractivity contribution in [3.8, 4) is 0 Å². The molecular weight excluding hydrogens is 312 g/mol. The lowest BCUT2D eigenvalue weighted by atomic mass is 10.0. The van der Waals surface area contributed by atoms with Gasteiger partial charge in [0.2, 0.25) is 5.91 Å². The highest BCUT2D eigenvalue weighted by atomic mass is 19.2. The molecule has 2 atom stereocenters. The minimum atomic E-state index is -1.11. The van der Waals surface area contributed by atoms with Crippen LogP contribution in [0.2, 0.25) is 0 Å². The zero-order valence-corrected chi connectivity index (χ0v) is 13.7. The summed E-state index contributed by atoms with van der Waals surface area (Å²) >= 11 is 0. The van der Waals surface area contributed by atoms with E-state index in [9.17, 15) is 18.7 Å². The summed E-state index contributed by atoms with van der Waals surface area (Å²) in [6.07, 6.45) is -0.220. The highest BCUT2D eigenvalue weighted by Crippen LogP contribution is 2.19. The first-order valence-electron chi connectivity index (χ1n) is 7.84. The predicted molar refractivity (Wildman–Crippen MR) is 88.4 cm³/mol. The first kappa shape index (κ1) is 18.1. The van der Waals surface area contributed by atoms with Gasteiger partial charge in [0, 0.05) is 6.42 Å². The van der Waals surface area contributed by atoms with Gasteiger partial charge in [0.05, 0.1) is 12.1 Å². The lowest BCUT2D eigenvalue weighted by Crippen LogP contribution is -2.37. The second-order valence-corrected chi connectivity index (χ2v) is 5.96. The molecule has 0 saturated heterocycles. The standard InChI is InChI=1S/C19H21F2NO2/c1-12-4-3-5-14(10-12)6-9-18(23)22-13(2)19(24)15-7-8-16(20)17(21)11-15/h3-5,7-8,10-11,13,19,24H,6,9H2,1-2H3,(H,22,23). The summed E-state index contributed by atoms with van der Waals surface area (Å²) in [4.78, 5) is 12.0. The number of benzene rings is 2. The first-order valence-corrected chi connectivity index (χ1v) is 7.84. The maximum atomic E-state index is 13.2. The second kappa shape index (κ2) is 8.02. The summed E-state index contributed by atoms with van der Waals surface area (Å²) in [5, 5.41) is 12.9. The van der Waals surface area contributed by atoms with E-state index in [1.54, 1.807) is 6.92 Å². The Morgan fingerprint density at radius 3 is 2.58 bits per heavy atom. The van der Waals surface area contributed by atoms with E-state index in [4.69, 9.17) is 0 Å². The summed E-state index contributed by atoms with van der Waals surface area (Å²) in [6, 6.07) is 10.5. The molecule has 0 aromatic heterocycles. The van der Waals surface area contributed by atoms with Crippen molar-refractivity contribution in [2.45, 2.75) is 38.8 Å². The zero-order valence-electron chi connectivity index (χ0n) is 13.7. The molecule has 0 aliphatic rings. The molecule has 2 aromatic carbocycles. The maximum Gasteiger partial charge on any atom is 0.220 e. The molecule has 0 radical (unpaired) electrons. The smallest absolute Gasteiger partial charge is 0.220 e. The maximum absolute atomic E-state index is 13.2. The van der Waals surface area contributed by atoms with E-state index in [0.29, 0.717) is 6.42 Å². The number of aryl methyl sites for hydroxylation is 2. The molecule has 0 aliphatic heterocycles. The molecule has 2 rings (SSSR count). The summed E-state index contributed by atoms with van der Waals surface area (Å²) < 4.78 is 26.2. The fourth-order valence-electron chi connectivity index (χ4n) is 2.52. The van der Waals surface area contributed by atoms with Crippen LogP contribution in [0.1, 0.15) is 36.1 Å². The van der Waals surface area contributed by atoms with E-state index in [2.05, 4.69) is 5.32 Å². The van der Waals surface area contributed by atoms with Crippen molar-refractivity contribution in [3.05, 3.63) is 70.8 Å². The monoisotopic (exact) mass is 333 g/mol. The van der Waals surface area contributed by atoms with E-state index in [1.165, 1.54) is 6.07 Å². The van der Waals surface area contributed by atoms with Crippen LogP contribution in [0.4, 0.5) is 8.78 Å². The highest BCUT2D eigenvalue weighted by molar-refractivity contribution is 5.76. The van der Waals surface area contributed by atoms with Crippen LogP contribution in [0.25, 0.3) is 0 Å². The number of nitrogens with one attached hydrogen (secondary N) is 1. The van der Waals surface area contributed by atoms with Crippen molar-refractivity contribution in [1.29, 1.82) is 0 Å². The van der Waals surface area contributed by atoms with Gasteiger partial charge < -0.3 is 10.4 Å². The normalized spacial score (nSPS) is 13.4. The summed E-state index contributed by atoms with van der Waals surface area (Å²) in [7, 11) is 0. The SMILES string of the molecule is Cc1cccc(CCC(=O)NC(C)C(O)c2ccc(F)c(F)c2)c1. The van der Waals surface area contributed by atoms with Gasteiger partial charge in [-0.3, -0.25) is 4.79 Å². The molecule has 0 saturated carbocycles. The molecule has 128 valence electrons. The summed E-state index contributed by atoms with van der Waals surface area (Å²) in [5.74, 6) is -2.20. The number of aliphatic hydroxyl groups excluding tert-OH is 1. The second-order valence-electron chi connectivity index (χ2n) is 5.96. The van der Waals surface area contributed by atoms with Gasteiger partial charge in [-0.05, 0) is 43.5 Å². The summed E-state index contributed by atoms with van der Waals surface area (Å²) in [5.41, 5.74) is 2.43. The number of rotatable bonds is 6. The fourth-order valence-corrected chi connectivity index (χ4v) is 2.52. The number of halogens is 2. The lowest BCUT2D eigenvalue weighted by molar-refractivity contribution is -0.122. The molecule has 5 heteroatoms. The predicted octanol–water partition coefficient (Wildman–Crippen LogP) is 3.44. The Bertz CT molecular complexity index is 718. The Balaban J connectivity index is 1.89. The number of aliphatic hydroxyl groups is 1. The average Bonchev–Trinajstić information content (AvgIpc) is 2.55. The molecule has 0 heterocycles. The molecule has 1 amide bonds. The van der Waals surface area contributed by atoms with E-state index in [-0.39, 0.29) is 17.9 Å². The molecule has 2 aromatic rings. The van der Waals surface area contributed by atoms with Crippen LogP contribution in [-0.2, 0) is 11.2 Å². The van der Waals surface area contributed by atoms with Crippen molar-refractivity contribution in [2.24, 2.45) is 0 Å². The lowest BCUT2D eigenvalue weighted by Gasteiger charge is -2.21. The molecule has 3 nitrogen and oxygen atoms in total. The minimum Gasteiger partial charge on any atom is -0.386 e. The third-order valence-corrected chi connectivity index (χ3v) is 3.87. The molecule has 0 spiro atoms. The van der Waals surface area contributed by atoms with Gasteiger partial charge in [-0.25, -0.2) is 8.78 Å². The molecular formula is C19H21F2NO2. The molecule has 2 unspecified atom stereocenters. The van der Waals surface area contributed by atoms with E-state index < -0.39 is 23.8 Å². The number of hydrogen-bond donors (Lipinski definition) is 2. The van der Waals surface area contributed by atoms with Crippen LogP contribution in [0.15, 0.2) is 42.5 Å². The molecule has 0 fully saturated rings. The van der Waals surface area contributed by atoms with Crippen LogP contribution in [-0.4, -0.2) is 17.1 Å². The Morgan fingerprint density at radius 1 is 1.17 bits per heavy atom. The third kappa shape index (κ3) is 4.86. The molecule has 0 bridgehead atoms. The Morgan fingerprint density at radius 2 is 1.92 bits per heavy atom. The Labute approximate surface area is 140 Å². The Hall–Kier alpha value is -2.27. The minimum absolute atomic E-state index is 0.203. The van der Waals surface area contributed by atoms with Gasteiger partial charge in [-0.15, -0.1) is 0 Å². The number of hydrogen-bond acceptors (Lipinski definition) is 2. The van der Waals surface area contributed by atoms with Gasteiger partial charge in [0.15, 0.2) is 11.6 Å². The summed E-state index contributed by atoms with van der Waals surface area (Å²) in [6.45, 7) is 3.61. The quantitative estimate of drug-likeness (QED) is 0.851. The molecule has 2 N–H and O–H groups in total. The van der Waals surface area contributed by atoms with Crippen LogP contribution >= 0.6 is 0 Å². The van der Waals surface area contributed by atoms with Crippen LogP contribution < -0.4 is 5.32 Å². The van der Waals surface area contributed by atoms with Gasteiger partial charge in [0.1, 0.15) is 0 Å². The van der Waals surface area contributed by atoms with E-state index in [1.807, 2.05) is 31.2 Å². The highest BCUT2D eigenvalue weighted by Gasteiger charge is 2.19. The molecule has 0 aliphatic carbocycles. The molecule has 24 heavy (non-hydrogen) atoms. The van der Waals surface area contributed by atoms with Crippen LogP contribution in [0.3, 0.4) is 0 Å². The third-order valence-electron chi connectivity index (χ3n) is 3.87. The van der Waals surface area contributed by atoms with Crippen molar-refractivity contribution in [3.63, 3.8) is 0 Å². The van der Waals surface area contributed by atoms with Crippen molar-refractivity contribution >= 4 is 5.91 Å². The zero-order chi connectivity index (χ0) is 17.7. The van der Waals surface area contributed by atoms with E-state index >= 15 is 0 Å². The van der Waals surface area contributed by atoms with Crippen molar-refractivity contribution in [2.75, 3.05) is 0 Å².